The van der Waals surface area contributed by atoms with E-state index in [0.717, 1.165) is 21.0 Å². The van der Waals surface area contributed by atoms with E-state index in [0.29, 0.717) is 0 Å². The molecule has 0 bridgehead atoms. The van der Waals surface area contributed by atoms with Gasteiger partial charge in [0.05, 0.1) is 17.3 Å². The standard InChI is InChI=1S/C14H16N2OS/c1-9-8-12(11(3)18-9)14(17)16-10(2)13-6-4-5-7-15-13/h4-8,10H,1-3H3,(H,16,17)/t10-/m0/s1. The molecule has 1 atom stereocenters. The van der Waals surface area contributed by atoms with E-state index in [1.165, 1.54) is 0 Å². The lowest BCUT2D eigenvalue weighted by atomic mass is 10.2. The van der Waals surface area contributed by atoms with Crippen LogP contribution in [0.15, 0.2) is 30.5 Å². The number of rotatable bonds is 3. The maximum atomic E-state index is 12.1. The molecule has 3 nitrogen and oxygen atoms in total. The fraction of sp³-hybridized carbons (Fsp3) is 0.286. The van der Waals surface area contributed by atoms with Gasteiger partial charge in [0.15, 0.2) is 0 Å². The maximum absolute atomic E-state index is 12.1. The highest BCUT2D eigenvalue weighted by Crippen LogP contribution is 2.21. The van der Waals surface area contributed by atoms with Crippen LogP contribution in [0, 0.1) is 13.8 Å². The first-order valence-corrected chi connectivity index (χ1v) is 6.68. The van der Waals surface area contributed by atoms with Gasteiger partial charge in [0.1, 0.15) is 0 Å². The predicted octanol–water partition coefficient (Wildman–Crippen LogP) is 3.25. The Hall–Kier alpha value is -1.68. The van der Waals surface area contributed by atoms with Gasteiger partial charge in [0.2, 0.25) is 0 Å². The molecule has 18 heavy (non-hydrogen) atoms. The number of nitrogens with one attached hydrogen (secondary N) is 1. The Bertz CT molecular complexity index is 548. The van der Waals surface area contributed by atoms with Gasteiger partial charge in [-0.2, -0.15) is 0 Å². The molecule has 4 heteroatoms. The fourth-order valence-electron chi connectivity index (χ4n) is 1.84. The van der Waals surface area contributed by atoms with Gasteiger partial charge in [-0.25, -0.2) is 0 Å². The fourth-order valence-corrected chi connectivity index (χ4v) is 2.76. The van der Waals surface area contributed by atoms with Crippen molar-refractivity contribution in [2.75, 3.05) is 0 Å². The Morgan fingerprint density at radius 2 is 2.17 bits per heavy atom. The van der Waals surface area contributed by atoms with E-state index in [4.69, 9.17) is 0 Å². The number of carbonyl (C=O) groups is 1. The van der Waals surface area contributed by atoms with E-state index in [9.17, 15) is 4.79 Å². The molecular weight excluding hydrogens is 244 g/mol. The number of carbonyl (C=O) groups excluding carboxylic acids is 1. The molecule has 2 aromatic heterocycles. The number of aromatic nitrogens is 1. The second-order valence-electron chi connectivity index (χ2n) is 4.28. The largest absolute Gasteiger partial charge is 0.344 e. The van der Waals surface area contributed by atoms with Crippen molar-refractivity contribution in [3.63, 3.8) is 0 Å². The monoisotopic (exact) mass is 260 g/mol. The molecule has 2 rings (SSSR count). The zero-order valence-corrected chi connectivity index (χ0v) is 11.5. The van der Waals surface area contributed by atoms with Crippen molar-refractivity contribution in [1.29, 1.82) is 0 Å². The highest BCUT2D eigenvalue weighted by Gasteiger charge is 2.15. The van der Waals surface area contributed by atoms with Crippen LogP contribution in [0.1, 0.15) is 38.8 Å². The van der Waals surface area contributed by atoms with Gasteiger partial charge >= 0.3 is 0 Å². The summed E-state index contributed by atoms with van der Waals surface area (Å²) in [4.78, 5) is 18.6. The number of amides is 1. The van der Waals surface area contributed by atoms with Gasteiger partial charge in [-0.1, -0.05) is 6.07 Å². The molecule has 1 N–H and O–H groups in total. The third kappa shape index (κ3) is 2.76. The van der Waals surface area contributed by atoms with Crippen LogP contribution in [0.25, 0.3) is 0 Å². The first kappa shape index (κ1) is 12.8. The molecule has 0 aliphatic heterocycles. The van der Waals surface area contributed by atoms with Crippen molar-refractivity contribution in [3.8, 4) is 0 Å². The van der Waals surface area contributed by atoms with E-state index < -0.39 is 0 Å². The molecule has 94 valence electrons. The van der Waals surface area contributed by atoms with Crippen molar-refractivity contribution in [2.24, 2.45) is 0 Å². The van der Waals surface area contributed by atoms with Crippen LogP contribution in [0.2, 0.25) is 0 Å². The van der Waals surface area contributed by atoms with Crippen LogP contribution in [-0.4, -0.2) is 10.9 Å². The summed E-state index contributed by atoms with van der Waals surface area (Å²) in [5, 5.41) is 2.97. The summed E-state index contributed by atoms with van der Waals surface area (Å²) in [5.74, 6) is -0.0324. The third-order valence-electron chi connectivity index (χ3n) is 2.76. The third-order valence-corrected chi connectivity index (χ3v) is 3.73. The summed E-state index contributed by atoms with van der Waals surface area (Å²) in [6, 6.07) is 7.55. The molecule has 1 amide bonds. The van der Waals surface area contributed by atoms with Gasteiger partial charge < -0.3 is 5.32 Å². The Morgan fingerprint density at radius 1 is 1.39 bits per heavy atom. The lowest BCUT2D eigenvalue weighted by Crippen LogP contribution is -2.27. The van der Waals surface area contributed by atoms with Crippen LogP contribution in [0.5, 0.6) is 0 Å². The number of thiophene rings is 1. The predicted molar refractivity (Wildman–Crippen MR) is 73.9 cm³/mol. The van der Waals surface area contributed by atoms with Gasteiger partial charge in [-0.3, -0.25) is 9.78 Å². The van der Waals surface area contributed by atoms with Gasteiger partial charge in [-0.15, -0.1) is 11.3 Å². The van der Waals surface area contributed by atoms with Crippen molar-refractivity contribution in [2.45, 2.75) is 26.8 Å². The minimum Gasteiger partial charge on any atom is -0.344 e. The molecule has 2 heterocycles. The number of hydrogen-bond donors (Lipinski definition) is 1. The van der Waals surface area contributed by atoms with Crippen LogP contribution < -0.4 is 5.32 Å². The Kier molecular flexibility index (Phi) is 3.77. The van der Waals surface area contributed by atoms with Crippen LogP contribution in [0.3, 0.4) is 0 Å². The zero-order valence-electron chi connectivity index (χ0n) is 10.7. The molecule has 0 aliphatic carbocycles. The summed E-state index contributed by atoms with van der Waals surface area (Å²) < 4.78 is 0. The lowest BCUT2D eigenvalue weighted by Gasteiger charge is -2.12. The Labute approximate surface area is 111 Å². The van der Waals surface area contributed by atoms with Crippen molar-refractivity contribution >= 4 is 17.2 Å². The molecule has 0 saturated carbocycles. The quantitative estimate of drug-likeness (QED) is 0.920. The lowest BCUT2D eigenvalue weighted by molar-refractivity contribution is 0.0939. The van der Waals surface area contributed by atoms with Crippen LogP contribution in [-0.2, 0) is 0 Å². The topological polar surface area (TPSA) is 42.0 Å². The van der Waals surface area contributed by atoms with Gasteiger partial charge in [-0.05, 0) is 39.0 Å². The SMILES string of the molecule is Cc1cc(C(=O)N[C@@H](C)c2ccccn2)c(C)s1. The molecule has 0 spiro atoms. The van der Waals surface area contributed by atoms with E-state index in [1.54, 1.807) is 17.5 Å². The molecule has 0 aromatic carbocycles. The first-order valence-electron chi connectivity index (χ1n) is 5.86. The summed E-state index contributed by atoms with van der Waals surface area (Å²) in [6.45, 7) is 5.92. The number of pyridine rings is 1. The van der Waals surface area contributed by atoms with Crippen LogP contribution >= 0.6 is 11.3 Å². The smallest absolute Gasteiger partial charge is 0.252 e. The van der Waals surface area contributed by atoms with Crippen LogP contribution in [0.4, 0.5) is 0 Å². The second-order valence-corrected chi connectivity index (χ2v) is 5.74. The van der Waals surface area contributed by atoms with Crippen molar-refractivity contribution < 1.29 is 4.79 Å². The zero-order chi connectivity index (χ0) is 13.1. The summed E-state index contributed by atoms with van der Waals surface area (Å²) in [7, 11) is 0. The second kappa shape index (κ2) is 5.31. The normalized spacial score (nSPS) is 12.2. The molecule has 0 unspecified atom stereocenters. The molecule has 0 fully saturated rings. The van der Waals surface area contributed by atoms with Gasteiger partial charge in [0.25, 0.3) is 5.91 Å². The minimum absolute atomic E-state index is 0.0324. The molecule has 0 saturated heterocycles. The number of hydrogen-bond acceptors (Lipinski definition) is 3. The summed E-state index contributed by atoms with van der Waals surface area (Å²) in [6.07, 6.45) is 1.73. The highest BCUT2D eigenvalue weighted by molar-refractivity contribution is 7.12. The summed E-state index contributed by atoms with van der Waals surface area (Å²) in [5.41, 5.74) is 1.63. The number of aryl methyl sites for hydroxylation is 2. The molecule has 0 aliphatic rings. The summed E-state index contributed by atoms with van der Waals surface area (Å²) >= 11 is 1.64. The van der Waals surface area contributed by atoms with E-state index in [1.807, 2.05) is 45.0 Å². The van der Waals surface area contributed by atoms with E-state index in [2.05, 4.69) is 10.3 Å². The first-order chi connectivity index (χ1) is 8.58. The van der Waals surface area contributed by atoms with Crippen molar-refractivity contribution in [3.05, 3.63) is 51.5 Å². The maximum Gasteiger partial charge on any atom is 0.252 e. The van der Waals surface area contributed by atoms with E-state index in [-0.39, 0.29) is 11.9 Å². The minimum atomic E-state index is -0.0849. The average Bonchev–Trinajstić information content (AvgIpc) is 2.69. The van der Waals surface area contributed by atoms with E-state index >= 15 is 0 Å². The highest BCUT2D eigenvalue weighted by atomic mass is 32.1. The number of nitrogens with zero attached hydrogens (tertiary/aromatic N) is 1. The Balaban J connectivity index is 2.10. The molecular formula is C14H16N2OS. The van der Waals surface area contributed by atoms with Gasteiger partial charge in [0, 0.05) is 16.0 Å². The Morgan fingerprint density at radius 3 is 2.72 bits per heavy atom. The molecule has 0 radical (unpaired) electrons. The average molecular weight is 260 g/mol. The van der Waals surface area contributed by atoms with Crippen molar-refractivity contribution in [1.82, 2.24) is 10.3 Å². The molecule has 2 aromatic rings.